The van der Waals surface area contributed by atoms with E-state index in [9.17, 15) is 4.79 Å². The molecule has 2 rings (SSSR count). The van der Waals surface area contributed by atoms with Crippen LogP contribution in [0.1, 0.15) is 49.5 Å². The molecule has 1 aliphatic rings. The molecule has 0 amide bonds. The summed E-state index contributed by atoms with van der Waals surface area (Å²) in [5.74, 6) is 1.60. The molecule has 106 valence electrons. The highest BCUT2D eigenvalue weighted by Gasteiger charge is 2.20. The lowest BCUT2D eigenvalue weighted by molar-refractivity contribution is 0.0596. The van der Waals surface area contributed by atoms with Gasteiger partial charge in [0.1, 0.15) is 5.82 Å². The number of nitrogens with two attached hydrogens (primary N) is 1. The van der Waals surface area contributed by atoms with Crippen LogP contribution in [0.4, 0.5) is 5.82 Å². The van der Waals surface area contributed by atoms with Gasteiger partial charge in [0.25, 0.3) is 0 Å². The van der Waals surface area contributed by atoms with E-state index in [0.29, 0.717) is 5.82 Å². The molecule has 1 heterocycles. The Bertz CT molecular complexity index is 434. The Hall–Kier alpha value is -1.52. The fourth-order valence-corrected chi connectivity index (χ4v) is 2.76. The molecule has 1 aromatic rings. The lowest BCUT2D eigenvalue weighted by atomic mass is 9.81. The van der Waals surface area contributed by atoms with E-state index in [0.717, 1.165) is 24.8 Å². The average Bonchev–Trinajstić information content (AvgIpc) is 2.79. The van der Waals surface area contributed by atoms with Crippen molar-refractivity contribution in [2.45, 2.75) is 45.6 Å². The van der Waals surface area contributed by atoms with E-state index in [1.54, 1.807) is 6.33 Å². The molecule has 0 unspecified atom stereocenters. The largest absolute Gasteiger partial charge is 0.464 e. The zero-order chi connectivity index (χ0) is 13.8. The third-order valence-corrected chi connectivity index (χ3v) is 4.17. The van der Waals surface area contributed by atoms with E-state index < -0.39 is 5.97 Å². The van der Waals surface area contributed by atoms with Crippen molar-refractivity contribution in [2.24, 2.45) is 11.8 Å². The van der Waals surface area contributed by atoms with Crippen molar-refractivity contribution < 1.29 is 9.53 Å². The van der Waals surface area contributed by atoms with Crippen LogP contribution in [-0.4, -0.2) is 22.6 Å². The van der Waals surface area contributed by atoms with Gasteiger partial charge in [-0.05, 0) is 18.3 Å². The Morgan fingerprint density at radius 3 is 2.79 bits per heavy atom. The van der Waals surface area contributed by atoms with Crippen molar-refractivity contribution in [3.63, 3.8) is 0 Å². The molecular weight excluding hydrogens is 242 g/mol. The van der Waals surface area contributed by atoms with E-state index in [1.165, 1.54) is 32.8 Å². The summed E-state index contributed by atoms with van der Waals surface area (Å²) in [6.07, 6.45) is 8.01. The van der Waals surface area contributed by atoms with Crippen LogP contribution in [-0.2, 0) is 11.3 Å². The third kappa shape index (κ3) is 3.28. The summed E-state index contributed by atoms with van der Waals surface area (Å²) in [7, 11) is 1.34. The highest BCUT2D eigenvalue weighted by molar-refractivity contribution is 5.91. The van der Waals surface area contributed by atoms with Crippen molar-refractivity contribution in [1.82, 2.24) is 9.55 Å². The number of hydrogen-bond donors (Lipinski definition) is 1. The summed E-state index contributed by atoms with van der Waals surface area (Å²) in [4.78, 5) is 15.4. The molecule has 0 spiro atoms. The summed E-state index contributed by atoms with van der Waals surface area (Å²) in [5.41, 5.74) is 6.14. The van der Waals surface area contributed by atoms with Gasteiger partial charge in [-0.3, -0.25) is 0 Å². The van der Waals surface area contributed by atoms with Crippen molar-refractivity contribution in [1.29, 1.82) is 0 Å². The maximum absolute atomic E-state index is 11.4. The van der Waals surface area contributed by atoms with Crippen LogP contribution in [0.3, 0.4) is 0 Å². The van der Waals surface area contributed by atoms with Gasteiger partial charge in [0, 0.05) is 6.54 Å². The van der Waals surface area contributed by atoms with E-state index in [-0.39, 0.29) is 5.69 Å². The second-order valence-electron chi connectivity index (χ2n) is 5.58. The number of nitrogen functional groups attached to an aromatic ring is 1. The van der Waals surface area contributed by atoms with E-state index in [4.69, 9.17) is 5.73 Å². The second kappa shape index (κ2) is 6.08. The van der Waals surface area contributed by atoms with Crippen LogP contribution >= 0.6 is 0 Å². The quantitative estimate of drug-likeness (QED) is 0.849. The van der Waals surface area contributed by atoms with E-state index in [1.807, 2.05) is 4.57 Å². The minimum Gasteiger partial charge on any atom is -0.464 e. The van der Waals surface area contributed by atoms with Crippen molar-refractivity contribution >= 4 is 11.8 Å². The summed E-state index contributed by atoms with van der Waals surface area (Å²) in [6.45, 7) is 3.15. The van der Waals surface area contributed by atoms with Crippen LogP contribution < -0.4 is 5.73 Å². The minimum atomic E-state index is -0.470. The molecular formula is C14H23N3O2. The summed E-state index contributed by atoms with van der Waals surface area (Å²) in [6, 6.07) is 0. The minimum absolute atomic E-state index is 0.222. The zero-order valence-corrected chi connectivity index (χ0v) is 11.8. The number of anilines is 1. The van der Waals surface area contributed by atoms with Crippen LogP contribution in [0.5, 0.6) is 0 Å². The predicted octanol–water partition coefficient (Wildman–Crippen LogP) is 2.47. The first-order valence-electron chi connectivity index (χ1n) is 7.00. The van der Waals surface area contributed by atoms with E-state index >= 15 is 0 Å². The second-order valence-corrected chi connectivity index (χ2v) is 5.58. The number of carbonyl (C=O) groups excluding carboxylic acids is 1. The van der Waals surface area contributed by atoms with Gasteiger partial charge in [-0.15, -0.1) is 0 Å². The smallest absolute Gasteiger partial charge is 0.360 e. The first-order chi connectivity index (χ1) is 9.11. The molecule has 1 aromatic heterocycles. The highest BCUT2D eigenvalue weighted by atomic mass is 16.5. The van der Waals surface area contributed by atoms with Crippen molar-refractivity contribution in [3.05, 3.63) is 12.0 Å². The number of rotatable bonds is 4. The van der Waals surface area contributed by atoms with Gasteiger partial charge in [0.05, 0.1) is 13.4 Å². The average molecular weight is 265 g/mol. The first-order valence-corrected chi connectivity index (χ1v) is 7.00. The number of hydrogen-bond acceptors (Lipinski definition) is 4. The number of esters is 1. The number of carbonyl (C=O) groups is 1. The fourth-order valence-electron chi connectivity index (χ4n) is 2.76. The van der Waals surface area contributed by atoms with Gasteiger partial charge in [-0.2, -0.15) is 0 Å². The molecule has 0 aliphatic heterocycles. The van der Waals surface area contributed by atoms with Gasteiger partial charge in [-0.1, -0.05) is 32.6 Å². The molecule has 1 fully saturated rings. The molecule has 0 aromatic carbocycles. The Morgan fingerprint density at radius 2 is 2.16 bits per heavy atom. The maximum atomic E-state index is 11.4. The monoisotopic (exact) mass is 265 g/mol. The van der Waals surface area contributed by atoms with Crippen LogP contribution in [0, 0.1) is 11.8 Å². The molecule has 5 nitrogen and oxygen atoms in total. The molecule has 0 bridgehead atoms. The Morgan fingerprint density at radius 1 is 1.47 bits per heavy atom. The molecule has 19 heavy (non-hydrogen) atoms. The van der Waals surface area contributed by atoms with Gasteiger partial charge < -0.3 is 15.0 Å². The summed E-state index contributed by atoms with van der Waals surface area (Å²) >= 11 is 0. The van der Waals surface area contributed by atoms with Crippen molar-refractivity contribution in [2.75, 3.05) is 12.8 Å². The highest BCUT2D eigenvalue weighted by Crippen LogP contribution is 2.30. The lowest BCUT2D eigenvalue weighted by Crippen LogP contribution is -2.15. The molecule has 0 saturated heterocycles. The maximum Gasteiger partial charge on any atom is 0.360 e. The summed E-state index contributed by atoms with van der Waals surface area (Å²) in [5, 5.41) is 0. The molecule has 1 saturated carbocycles. The number of aromatic nitrogens is 2. The first kappa shape index (κ1) is 13.9. The number of imidazole rings is 1. The zero-order valence-electron chi connectivity index (χ0n) is 11.8. The molecule has 0 radical (unpaired) electrons. The van der Waals surface area contributed by atoms with Gasteiger partial charge >= 0.3 is 5.97 Å². The van der Waals surface area contributed by atoms with Gasteiger partial charge in [0.2, 0.25) is 0 Å². The van der Waals surface area contributed by atoms with Crippen molar-refractivity contribution in [3.8, 4) is 0 Å². The summed E-state index contributed by atoms with van der Waals surface area (Å²) < 4.78 is 6.49. The number of aryl methyl sites for hydroxylation is 1. The Kier molecular flexibility index (Phi) is 4.45. The normalized spacial score (nSPS) is 23.3. The van der Waals surface area contributed by atoms with Crippen LogP contribution in [0.2, 0.25) is 0 Å². The van der Waals surface area contributed by atoms with E-state index in [2.05, 4.69) is 16.6 Å². The standard InChI is InChI=1S/C14H23N3O2/c1-10-3-5-11(6-4-10)7-8-17-9-16-12(13(17)15)14(18)19-2/h9-11H,3-8,15H2,1-2H3. The van der Waals surface area contributed by atoms with Gasteiger partial charge in [-0.25, -0.2) is 9.78 Å². The molecule has 1 aliphatic carbocycles. The van der Waals surface area contributed by atoms with Crippen LogP contribution in [0.15, 0.2) is 6.33 Å². The SMILES string of the molecule is COC(=O)c1ncn(CCC2CCC(C)CC2)c1N. The number of methoxy groups -OCH3 is 1. The lowest BCUT2D eigenvalue weighted by Gasteiger charge is -2.26. The Labute approximate surface area is 114 Å². The Balaban J connectivity index is 1.89. The number of ether oxygens (including phenoxy) is 1. The van der Waals surface area contributed by atoms with Crippen LogP contribution in [0.25, 0.3) is 0 Å². The third-order valence-electron chi connectivity index (χ3n) is 4.17. The molecule has 0 atom stereocenters. The molecule has 2 N–H and O–H groups in total. The van der Waals surface area contributed by atoms with Gasteiger partial charge in [0.15, 0.2) is 5.69 Å². The predicted molar refractivity (Wildman–Crippen MR) is 73.7 cm³/mol. The topological polar surface area (TPSA) is 70.1 Å². The molecule has 5 heteroatoms. The number of nitrogens with zero attached hydrogens (tertiary/aromatic N) is 2. The fraction of sp³-hybridized carbons (Fsp3) is 0.714.